The monoisotopic (exact) mass is 293 g/mol. The van der Waals surface area contributed by atoms with Gasteiger partial charge in [-0.2, -0.15) is 5.10 Å². The molecule has 2 rings (SSSR count). The predicted molar refractivity (Wildman–Crippen MR) is 86.4 cm³/mol. The van der Waals surface area contributed by atoms with Crippen molar-refractivity contribution < 1.29 is 4.74 Å². The molecule has 0 amide bonds. The normalized spacial score (nSPS) is 19.6. The van der Waals surface area contributed by atoms with Gasteiger partial charge in [0.25, 0.3) is 0 Å². The van der Waals surface area contributed by atoms with E-state index in [2.05, 4.69) is 23.4 Å². The molecular weight excluding hydrogens is 262 g/mol. The van der Waals surface area contributed by atoms with Gasteiger partial charge in [0.2, 0.25) is 0 Å². The second-order valence-corrected chi connectivity index (χ2v) is 6.25. The Morgan fingerprint density at radius 1 is 1.38 bits per heavy atom. The summed E-state index contributed by atoms with van der Waals surface area (Å²) in [6, 6.07) is 2.56. The van der Waals surface area contributed by atoms with E-state index in [1.54, 1.807) is 0 Å². The van der Waals surface area contributed by atoms with Gasteiger partial charge in [-0.25, -0.2) is 0 Å². The van der Waals surface area contributed by atoms with E-state index < -0.39 is 0 Å². The molecule has 1 fully saturated rings. The van der Waals surface area contributed by atoms with Crippen LogP contribution in [0.5, 0.6) is 0 Å². The van der Waals surface area contributed by atoms with E-state index in [0.29, 0.717) is 12.1 Å². The van der Waals surface area contributed by atoms with Crippen LogP contribution in [-0.2, 0) is 18.2 Å². The lowest BCUT2D eigenvalue weighted by Crippen LogP contribution is -2.46. The fourth-order valence-corrected chi connectivity index (χ4v) is 3.74. The van der Waals surface area contributed by atoms with E-state index in [0.717, 1.165) is 25.3 Å². The Hall–Kier alpha value is -0.870. The number of methoxy groups -OCH3 is 1. The standard InChI is InChI=1S/C17H31N3O/c1-4-18-16(11-10-15-12-13-19-20(15)2)17(21-3)14-8-6-5-7-9-14/h12-14,16-18H,4-11H2,1-3H3. The van der Waals surface area contributed by atoms with Gasteiger partial charge in [-0.1, -0.05) is 26.2 Å². The number of hydrogen-bond donors (Lipinski definition) is 1. The van der Waals surface area contributed by atoms with Gasteiger partial charge in [-0.3, -0.25) is 4.68 Å². The summed E-state index contributed by atoms with van der Waals surface area (Å²) in [5.41, 5.74) is 1.30. The third kappa shape index (κ3) is 4.55. The van der Waals surface area contributed by atoms with Crippen LogP contribution in [0, 0.1) is 5.92 Å². The largest absolute Gasteiger partial charge is 0.380 e. The van der Waals surface area contributed by atoms with Crippen LogP contribution < -0.4 is 5.32 Å². The van der Waals surface area contributed by atoms with E-state index in [4.69, 9.17) is 4.74 Å². The number of aromatic nitrogens is 2. The van der Waals surface area contributed by atoms with Crippen molar-refractivity contribution in [1.29, 1.82) is 0 Å². The highest BCUT2D eigenvalue weighted by molar-refractivity contribution is 5.01. The van der Waals surface area contributed by atoms with Crippen molar-refractivity contribution in [3.63, 3.8) is 0 Å². The molecule has 1 saturated carbocycles. The topological polar surface area (TPSA) is 39.1 Å². The van der Waals surface area contributed by atoms with Crippen molar-refractivity contribution in [1.82, 2.24) is 15.1 Å². The predicted octanol–water partition coefficient (Wildman–Crippen LogP) is 2.93. The summed E-state index contributed by atoms with van der Waals surface area (Å²) in [5.74, 6) is 0.722. The van der Waals surface area contributed by atoms with Gasteiger partial charge in [-0.05, 0) is 44.2 Å². The highest BCUT2D eigenvalue weighted by atomic mass is 16.5. The summed E-state index contributed by atoms with van der Waals surface area (Å²) in [6.45, 7) is 3.19. The first kappa shape index (κ1) is 16.5. The van der Waals surface area contributed by atoms with Crippen molar-refractivity contribution in [2.45, 2.75) is 64.0 Å². The highest BCUT2D eigenvalue weighted by Crippen LogP contribution is 2.30. The van der Waals surface area contributed by atoms with Crippen molar-refractivity contribution in [2.75, 3.05) is 13.7 Å². The molecule has 1 aromatic heterocycles. The van der Waals surface area contributed by atoms with Crippen LogP contribution in [0.3, 0.4) is 0 Å². The molecular formula is C17H31N3O. The van der Waals surface area contributed by atoms with Crippen LogP contribution in [0.4, 0.5) is 0 Å². The molecule has 2 atom stereocenters. The molecule has 0 bridgehead atoms. The molecule has 1 aliphatic carbocycles. The quantitative estimate of drug-likeness (QED) is 0.801. The van der Waals surface area contributed by atoms with Gasteiger partial charge in [0.05, 0.1) is 6.10 Å². The smallest absolute Gasteiger partial charge is 0.0752 e. The lowest BCUT2D eigenvalue weighted by atomic mass is 9.81. The number of nitrogens with one attached hydrogen (secondary N) is 1. The zero-order chi connectivity index (χ0) is 15.1. The maximum absolute atomic E-state index is 5.92. The number of likely N-dealkylation sites (N-methyl/N-ethyl adjacent to an activating group) is 1. The molecule has 0 aliphatic heterocycles. The van der Waals surface area contributed by atoms with E-state index in [1.807, 2.05) is 25.0 Å². The lowest BCUT2D eigenvalue weighted by molar-refractivity contribution is 0.00648. The fourth-order valence-electron chi connectivity index (χ4n) is 3.74. The summed E-state index contributed by atoms with van der Waals surface area (Å²) in [5, 5.41) is 7.92. The second kappa shape index (κ2) is 8.54. The van der Waals surface area contributed by atoms with E-state index >= 15 is 0 Å². The Labute approximate surface area is 129 Å². The molecule has 0 aromatic carbocycles. The average Bonchev–Trinajstić information content (AvgIpc) is 2.92. The van der Waals surface area contributed by atoms with Crippen LogP contribution in [0.1, 0.15) is 51.1 Å². The van der Waals surface area contributed by atoms with E-state index in [-0.39, 0.29) is 0 Å². The Kier molecular flexibility index (Phi) is 6.71. The summed E-state index contributed by atoms with van der Waals surface area (Å²) >= 11 is 0. The molecule has 1 aromatic rings. The zero-order valence-electron chi connectivity index (χ0n) is 13.8. The summed E-state index contributed by atoms with van der Waals surface area (Å²) in [6.07, 6.45) is 11.2. The van der Waals surface area contributed by atoms with E-state index in [9.17, 15) is 0 Å². The molecule has 1 N–H and O–H groups in total. The van der Waals surface area contributed by atoms with Crippen LogP contribution in [0.2, 0.25) is 0 Å². The molecule has 0 saturated heterocycles. The van der Waals surface area contributed by atoms with Crippen LogP contribution >= 0.6 is 0 Å². The minimum atomic E-state index is 0.346. The van der Waals surface area contributed by atoms with Gasteiger partial charge in [0.1, 0.15) is 0 Å². The van der Waals surface area contributed by atoms with Crippen molar-refractivity contribution in [3.05, 3.63) is 18.0 Å². The summed E-state index contributed by atoms with van der Waals surface area (Å²) in [4.78, 5) is 0. The third-order valence-corrected chi connectivity index (χ3v) is 4.88. The molecule has 1 heterocycles. The molecule has 21 heavy (non-hydrogen) atoms. The first-order valence-corrected chi connectivity index (χ1v) is 8.49. The maximum atomic E-state index is 5.92. The maximum Gasteiger partial charge on any atom is 0.0752 e. The molecule has 0 radical (unpaired) electrons. The average molecular weight is 293 g/mol. The van der Waals surface area contributed by atoms with Crippen molar-refractivity contribution in [3.8, 4) is 0 Å². The van der Waals surface area contributed by atoms with E-state index in [1.165, 1.54) is 37.8 Å². The molecule has 4 nitrogen and oxygen atoms in total. The van der Waals surface area contributed by atoms with Gasteiger partial charge in [-0.15, -0.1) is 0 Å². The lowest BCUT2D eigenvalue weighted by Gasteiger charge is -2.35. The van der Waals surface area contributed by atoms with Crippen LogP contribution in [0.15, 0.2) is 12.3 Å². The number of nitrogens with zero attached hydrogens (tertiary/aromatic N) is 2. The van der Waals surface area contributed by atoms with Gasteiger partial charge >= 0.3 is 0 Å². The first-order valence-electron chi connectivity index (χ1n) is 8.49. The van der Waals surface area contributed by atoms with Gasteiger partial charge in [0, 0.05) is 32.1 Å². The molecule has 4 heteroatoms. The number of hydrogen-bond acceptors (Lipinski definition) is 3. The second-order valence-electron chi connectivity index (χ2n) is 6.25. The minimum absolute atomic E-state index is 0.346. The van der Waals surface area contributed by atoms with Crippen molar-refractivity contribution >= 4 is 0 Å². The SMILES string of the molecule is CCNC(CCc1ccnn1C)C(OC)C1CCCCC1. The van der Waals surface area contributed by atoms with Gasteiger partial charge < -0.3 is 10.1 Å². The molecule has 0 spiro atoms. The van der Waals surface area contributed by atoms with Gasteiger partial charge in [0.15, 0.2) is 0 Å². The summed E-state index contributed by atoms with van der Waals surface area (Å²) < 4.78 is 7.90. The Morgan fingerprint density at radius 2 is 2.14 bits per heavy atom. The number of aryl methyl sites for hydroxylation is 2. The molecule has 2 unspecified atom stereocenters. The van der Waals surface area contributed by atoms with Crippen LogP contribution in [0.25, 0.3) is 0 Å². The number of rotatable bonds is 8. The molecule has 1 aliphatic rings. The minimum Gasteiger partial charge on any atom is -0.380 e. The number of ether oxygens (including phenoxy) is 1. The third-order valence-electron chi connectivity index (χ3n) is 4.88. The molecule has 120 valence electrons. The fraction of sp³-hybridized carbons (Fsp3) is 0.824. The Morgan fingerprint density at radius 3 is 2.71 bits per heavy atom. The highest BCUT2D eigenvalue weighted by Gasteiger charge is 2.30. The summed E-state index contributed by atoms with van der Waals surface area (Å²) in [7, 11) is 3.90. The van der Waals surface area contributed by atoms with Crippen LogP contribution in [-0.4, -0.2) is 35.6 Å². The zero-order valence-corrected chi connectivity index (χ0v) is 13.8. The Balaban J connectivity index is 1.96. The Bertz CT molecular complexity index is 398. The first-order chi connectivity index (χ1) is 10.3. The van der Waals surface area contributed by atoms with Crippen molar-refractivity contribution in [2.24, 2.45) is 13.0 Å².